The Morgan fingerprint density at radius 2 is 2.12 bits per heavy atom. The van der Waals surface area contributed by atoms with E-state index in [2.05, 4.69) is 5.32 Å². The molecule has 1 rings (SSSR count). The summed E-state index contributed by atoms with van der Waals surface area (Å²) in [4.78, 5) is 23.1. The van der Waals surface area contributed by atoms with Gasteiger partial charge in [-0.05, 0) is 32.9 Å². The Morgan fingerprint density at radius 3 is 2.69 bits per heavy atom. The molecule has 3 N–H and O–H groups in total. The number of hydrogen-bond donors (Lipinski definition) is 2. The first-order valence-electron chi connectivity index (χ1n) is 5.05. The van der Waals surface area contributed by atoms with E-state index in [0.717, 1.165) is 0 Å². The average Bonchev–Trinajstić information content (AvgIpc) is 2.09. The fourth-order valence-corrected chi connectivity index (χ4v) is 1.29. The van der Waals surface area contributed by atoms with Gasteiger partial charge in [0.2, 0.25) is 5.91 Å². The molecule has 0 radical (unpaired) electrons. The molecule has 0 atom stereocenters. The molecule has 1 heterocycles. The van der Waals surface area contributed by atoms with Crippen LogP contribution in [0, 0.1) is 0 Å². The van der Waals surface area contributed by atoms with Gasteiger partial charge in [-0.15, -0.1) is 0 Å². The van der Waals surface area contributed by atoms with E-state index in [9.17, 15) is 9.59 Å². The molecule has 0 aliphatic rings. The summed E-state index contributed by atoms with van der Waals surface area (Å²) in [5.74, 6) is -0.208. The maximum atomic E-state index is 11.6. The molecule has 16 heavy (non-hydrogen) atoms. The van der Waals surface area contributed by atoms with E-state index in [1.165, 1.54) is 10.6 Å². The van der Waals surface area contributed by atoms with E-state index in [4.69, 9.17) is 5.73 Å². The van der Waals surface area contributed by atoms with Crippen LogP contribution in [0.1, 0.15) is 20.8 Å². The molecule has 1 aromatic rings. The zero-order valence-corrected chi connectivity index (χ0v) is 9.78. The molecular formula is C11H17N3O2. The van der Waals surface area contributed by atoms with E-state index in [0.29, 0.717) is 0 Å². The summed E-state index contributed by atoms with van der Waals surface area (Å²) in [6.07, 6.45) is 1.54. The van der Waals surface area contributed by atoms with Crippen LogP contribution in [0.25, 0.3) is 0 Å². The third kappa shape index (κ3) is 3.42. The van der Waals surface area contributed by atoms with Crippen molar-refractivity contribution in [2.45, 2.75) is 32.9 Å². The molecule has 0 saturated carbocycles. The first-order chi connectivity index (χ1) is 7.29. The van der Waals surface area contributed by atoms with Gasteiger partial charge in [-0.1, -0.05) is 0 Å². The smallest absolute Gasteiger partial charge is 0.274 e. The number of nitrogens with one attached hydrogen (secondary N) is 1. The molecule has 1 aromatic heterocycles. The van der Waals surface area contributed by atoms with Gasteiger partial charge in [-0.2, -0.15) is 0 Å². The topological polar surface area (TPSA) is 77.1 Å². The van der Waals surface area contributed by atoms with Crippen LogP contribution < -0.4 is 16.6 Å². The second-order valence-corrected chi connectivity index (χ2v) is 4.69. The Bertz CT molecular complexity index is 443. The Balaban J connectivity index is 2.78. The number of anilines is 1. The van der Waals surface area contributed by atoms with E-state index in [1.54, 1.807) is 12.3 Å². The standard InChI is InChI=1S/C11H17N3O2/c1-11(2,3)13-9(15)7-14-6-4-5-8(12)10(14)16/h4-6H,7,12H2,1-3H3,(H,13,15). The Hall–Kier alpha value is -1.78. The summed E-state index contributed by atoms with van der Waals surface area (Å²) in [6, 6.07) is 3.15. The summed E-state index contributed by atoms with van der Waals surface area (Å²) in [6.45, 7) is 5.63. The zero-order valence-electron chi connectivity index (χ0n) is 9.78. The van der Waals surface area contributed by atoms with Crippen molar-refractivity contribution in [2.75, 3.05) is 5.73 Å². The maximum absolute atomic E-state index is 11.6. The number of carbonyl (C=O) groups excluding carboxylic acids is 1. The number of carbonyl (C=O) groups is 1. The molecule has 0 saturated heterocycles. The fourth-order valence-electron chi connectivity index (χ4n) is 1.29. The van der Waals surface area contributed by atoms with Crippen LogP contribution in [0.4, 0.5) is 5.69 Å². The summed E-state index contributed by atoms with van der Waals surface area (Å²) in [5, 5.41) is 2.77. The van der Waals surface area contributed by atoms with Gasteiger partial charge < -0.3 is 15.6 Å². The third-order valence-corrected chi connectivity index (χ3v) is 1.88. The number of nitrogens with two attached hydrogens (primary N) is 1. The van der Waals surface area contributed by atoms with Crippen LogP contribution in [0.2, 0.25) is 0 Å². The van der Waals surface area contributed by atoms with Crippen molar-refractivity contribution in [3.05, 3.63) is 28.7 Å². The highest BCUT2D eigenvalue weighted by Gasteiger charge is 2.14. The van der Waals surface area contributed by atoms with E-state index >= 15 is 0 Å². The van der Waals surface area contributed by atoms with Gasteiger partial charge in [-0.25, -0.2) is 0 Å². The van der Waals surface area contributed by atoms with E-state index in [1.807, 2.05) is 20.8 Å². The van der Waals surface area contributed by atoms with Crippen LogP contribution in [-0.2, 0) is 11.3 Å². The number of rotatable bonds is 2. The van der Waals surface area contributed by atoms with E-state index in [-0.39, 0.29) is 29.2 Å². The Morgan fingerprint density at radius 1 is 1.50 bits per heavy atom. The maximum Gasteiger partial charge on any atom is 0.274 e. The lowest BCUT2D eigenvalue weighted by molar-refractivity contribution is -0.123. The monoisotopic (exact) mass is 223 g/mol. The van der Waals surface area contributed by atoms with Crippen molar-refractivity contribution in [2.24, 2.45) is 0 Å². The van der Waals surface area contributed by atoms with Crippen molar-refractivity contribution < 1.29 is 4.79 Å². The molecule has 5 heteroatoms. The zero-order chi connectivity index (χ0) is 12.3. The summed E-state index contributed by atoms with van der Waals surface area (Å²) in [7, 11) is 0. The molecule has 88 valence electrons. The van der Waals surface area contributed by atoms with Crippen LogP contribution in [0.5, 0.6) is 0 Å². The first kappa shape index (κ1) is 12.3. The van der Waals surface area contributed by atoms with Crippen molar-refractivity contribution in [3.8, 4) is 0 Å². The SMILES string of the molecule is CC(C)(C)NC(=O)Cn1cccc(N)c1=O. The predicted octanol–water partition coefficient (Wildman–Crippen LogP) is 0.345. The minimum atomic E-state index is -0.341. The quantitative estimate of drug-likeness (QED) is 0.759. The molecular weight excluding hydrogens is 206 g/mol. The number of nitrogens with zero attached hydrogens (tertiary/aromatic N) is 1. The Labute approximate surface area is 94.3 Å². The van der Waals surface area contributed by atoms with Crippen LogP contribution in [-0.4, -0.2) is 16.0 Å². The molecule has 0 aliphatic heterocycles. The molecule has 1 amide bonds. The molecule has 5 nitrogen and oxygen atoms in total. The van der Waals surface area contributed by atoms with Crippen molar-refractivity contribution in [1.82, 2.24) is 9.88 Å². The van der Waals surface area contributed by atoms with Crippen LogP contribution in [0.3, 0.4) is 0 Å². The molecule has 0 spiro atoms. The normalized spacial score (nSPS) is 11.2. The second kappa shape index (κ2) is 4.38. The third-order valence-electron chi connectivity index (χ3n) is 1.88. The van der Waals surface area contributed by atoms with Gasteiger partial charge in [0.1, 0.15) is 6.54 Å². The first-order valence-corrected chi connectivity index (χ1v) is 5.05. The van der Waals surface area contributed by atoms with E-state index < -0.39 is 0 Å². The summed E-state index contributed by atoms with van der Waals surface area (Å²) in [5.41, 5.74) is 4.96. The number of amides is 1. The lowest BCUT2D eigenvalue weighted by Gasteiger charge is -2.20. The summed E-state index contributed by atoms with van der Waals surface area (Å²) < 4.78 is 1.29. The van der Waals surface area contributed by atoms with Crippen molar-refractivity contribution in [1.29, 1.82) is 0 Å². The molecule has 0 aromatic carbocycles. The highest BCUT2D eigenvalue weighted by atomic mass is 16.2. The largest absolute Gasteiger partial charge is 0.394 e. The second-order valence-electron chi connectivity index (χ2n) is 4.69. The van der Waals surface area contributed by atoms with Crippen LogP contribution >= 0.6 is 0 Å². The highest BCUT2D eigenvalue weighted by molar-refractivity contribution is 5.76. The lowest BCUT2D eigenvalue weighted by atomic mass is 10.1. The van der Waals surface area contributed by atoms with Crippen LogP contribution in [0.15, 0.2) is 23.1 Å². The number of hydrogen-bond acceptors (Lipinski definition) is 3. The van der Waals surface area contributed by atoms with Gasteiger partial charge >= 0.3 is 0 Å². The van der Waals surface area contributed by atoms with Gasteiger partial charge in [0.05, 0.1) is 5.69 Å². The minimum absolute atomic E-state index is 0.0128. The van der Waals surface area contributed by atoms with Crippen molar-refractivity contribution in [3.63, 3.8) is 0 Å². The van der Waals surface area contributed by atoms with Crippen molar-refractivity contribution >= 4 is 11.6 Å². The van der Waals surface area contributed by atoms with Gasteiger partial charge in [0.25, 0.3) is 5.56 Å². The molecule has 0 aliphatic carbocycles. The van der Waals surface area contributed by atoms with Gasteiger partial charge in [0, 0.05) is 11.7 Å². The number of pyridine rings is 1. The molecule has 0 unspecified atom stereocenters. The number of aromatic nitrogens is 1. The van der Waals surface area contributed by atoms with Gasteiger partial charge in [0.15, 0.2) is 0 Å². The number of nitrogen functional groups attached to an aromatic ring is 1. The fraction of sp³-hybridized carbons (Fsp3) is 0.455. The molecule has 0 fully saturated rings. The summed E-state index contributed by atoms with van der Waals surface area (Å²) >= 11 is 0. The highest BCUT2D eigenvalue weighted by Crippen LogP contribution is 1.99. The predicted molar refractivity (Wildman–Crippen MR) is 63.0 cm³/mol. The average molecular weight is 223 g/mol. The Kier molecular flexibility index (Phi) is 3.37. The lowest BCUT2D eigenvalue weighted by Crippen LogP contribution is -2.43. The van der Waals surface area contributed by atoms with Gasteiger partial charge in [-0.3, -0.25) is 9.59 Å². The molecule has 0 bridgehead atoms. The minimum Gasteiger partial charge on any atom is -0.394 e.